The second-order valence-electron chi connectivity index (χ2n) is 8.26. The Morgan fingerprint density at radius 2 is 1.85 bits per heavy atom. The van der Waals surface area contributed by atoms with Crippen LogP contribution in [0.3, 0.4) is 0 Å². The second-order valence-corrected chi connectivity index (χ2v) is 9.79. The molecule has 1 aliphatic rings. The van der Waals surface area contributed by atoms with Crippen LogP contribution in [0.4, 0.5) is 5.13 Å². The van der Waals surface area contributed by atoms with Gasteiger partial charge < -0.3 is 10.1 Å². The standard InChI is InChI=1S/C26H28ClN3O3S/c1-2-33-25(32)19-12-14-30(15-13-19)23(18-8-4-3-5-9-18)24(31)29-26-28-17-21(34-26)16-20-10-6-7-11-22(20)27/h3-11,17,19,23H,2,12-16H2,1H3,(H,28,29,31). The average Bonchev–Trinajstić information content (AvgIpc) is 3.28. The summed E-state index contributed by atoms with van der Waals surface area (Å²) in [7, 11) is 0. The highest BCUT2D eigenvalue weighted by Gasteiger charge is 2.34. The van der Waals surface area contributed by atoms with E-state index < -0.39 is 6.04 Å². The minimum absolute atomic E-state index is 0.109. The van der Waals surface area contributed by atoms with Crippen LogP contribution in [0.5, 0.6) is 0 Å². The third-order valence-electron chi connectivity index (χ3n) is 5.98. The molecule has 34 heavy (non-hydrogen) atoms. The maximum atomic E-state index is 13.5. The molecule has 0 spiro atoms. The maximum Gasteiger partial charge on any atom is 0.309 e. The summed E-state index contributed by atoms with van der Waals surface area (Å²) in [5.41, 5.74) is 1.94. The highest BCUT2D eigenvalue weighted by Crippen LogP contribution is 2.30. The molecule has 1 amide bonds. The molecule has 1 saturated heterocycles. The number of esters is 1. The summed E-state index contributed by atoms with van der Waals surface area (Å²) in [4.78, 5) is 33.2. The van der Waals surface area contributed by atoms with Crippen LogP contribution in [-0.2, 0) is 20.7 Å². The first-order chi connectivity index (χ1) is 16.5. The number of nitrogens with one attached hydrogen (secondary N) is 1. The molecule has 1 N–H and O–H groups in total. The Hall–Kier alpha value is -2.74. The van der Waals surface area contributed by atoms with Crippen molar-refractivity contribution in [2.45, 2.75) is 32.2 Å². The molecule has 0 aliphatic carbocycles. The minimum atomic E-state index is -0.458. The number of benzene rings is 2. The molecule has 1 aromatic heterocycles. The van der Waals surface area contributed by atoms with Crippen LogP contribution in [-0.4, -0.2) is 41.5 Å². The summed E-state index contributed by atoms with van der Waals surface area (Å²) < 4.78 is 5.19. The van der Waals surface area contributed by atoms with Crippen LogP contribution in [0.15, 0.2) is 60.8 Å². The highest BCUT2D eigenvalue weighted by molar-refractivity contribution is 7.15. The van der Waals surface area contributed by atoms with E-state index in [4.69, 9.17) is 16.3 Å². The van der Waals surface area contributed by atoms with Crippen molar-refractivity contribution < 1.29 is 14.3 Å². The molecular weight excluding hydrogens is 470 g/mol. The van der Waals surface area contributed by atoms with Crippen molar-refractivity contribution in [2.75, 3.05) is 25.0 Å². The Morgan fingerprint density at radius 3 is 2.56 bits per heavy atom. The summed E-state index contributed by atoms with van der Waals surface area (Å²) >= 11 is 7.74. The number of ether oxygens (including phenoxy) is 1. The average molecular weight is 498 g/mol. The predicted molar refractivity (Wildman–Crippen MR) is 135 cm³/mol. The molecule has 1 fully saturated rings. The SMILES string of the molecule is CCOC(=O)C1CCN(C(C(=O)Nc2ncc(Cc3ccccc3Cl)s2)c2ccccc2)CC1. The topological polar surface area (TPSA) is 71.5 Å². The Labute approximate surface area is 208 Å². The second kappa shape index (κ2) is 11.6. The van der Waals surface area contributed by atoms with Crippen molar-refractivity contribution in [3.05, 3.63) is 81.8 Å². The number of carbonyl (C=O) groups is 2. The number of likely N-dealkylation sites (tertiary alicyclic amines) is 1. The van der Waals surface area contributed by atoms with Crippen molar-refractivity contribution in [3.63, 3.8) is 0 Å². The lowest BCUT2D eigenvalue weighted by Crippen LogP contribution is -2.43. The van der Waals surface area contributed by atoms with Gasteiger partial charge in [0.2, 0.25) is 5.91 Å². The zero-order valence-corrected chi connectivity index (χ0v) is 20.6. The van der Waals surface area contributed by atoms with Crippen LogP contribution in [0, 0.1) is 5.92 Å². The minimum Gasteiger partial charge on any atom is -0.466 e. The van der Waals surface area contributed by atoms with Crippen LogP contribution in [0.2, 0.25) is 5.02 Å². The monoisotopic (exact) mass is 497 g/mol. The third kappa shape index (κ3) is 6.03. The number of piperidine rings is 1. The van der Waals surface area contributed by atoms with E-state index in [0.717, 1.165) is 21.0 Å². The first-order valence-corrected chi connectivity index (χ1v) is 12.7. The van der Waals surface area contributed by atoms with E-state index in [1.807, 2.05) is 61.5 Å². The highest BCUT2D eigenvalue weighted by atomic mass is 35.5. The van der Waals surface area contributed by atoms with Gasteiger partial charge in [0.25, 0.3) is 0 Å². The van der Waals surface area contributed by atoms with Gasteiger partial charge in [0.15, 0.2) is 5.13 Å². The third-order valence-corrected chi connectivity index (χ3v) is 7.27. The van der Waals surface area contributed by atoms with Gasteiger partial charge in [-0.15, -0.1) is 11.3 Å². The number of carbonyl (C=O) groups excluding carboxylic acids is 2. The summed E-state index contributed by atoms with van der Waals surface area (Å²) in [5.74, 6) is -0.377. The Kier molecular flexibility index (Phi) is 8.32. The van der Waals surface area contributed by atoms with Gasteiger partial charge in [-0.1, -0.05) is 60.1 Å². The summed E-state index contributed by atoms with van der Waals surface area (Å²) in [6.07, 6.45) is 3.80. The molecule has 4 rings (SSSR count). The summed E-state index contributed by atoms with van der Waals surface area (Å²) in [6, 6.07) is 17.0. The zero-order valence-electron chi connectivity index (χ0n) is 19.1. The van der Waals surface area contributed by atoms with Crippen molar-refractivity contribution in [1.82, 2.24) is 9.88 Å². The van der Waals surface area contributed by atoms with E-state index in [-0.39, 0.29) is 17.8 Å². The van der Waals surface area contributed by atoms with Crippen molar-refractivity contribution in [2.24, 2.45) is 5.92 Å². The first-order valence-electron chi connectivity index (χ1n) is 11.5. The van der Waals surface area contributed by atoms with Gasteiger partial charge in [-0.25, -0.2) is 4.98 Å². The fourth-order valence-electron chi connectivity index (χ4n) is 4.27. The number of aromatic nitrogens is 1. The Morgan fingerprint density at radius 1 is 1.15 bits per heavy atom. The number of hydrogen-bond donors (Lipinski definition) is 1. The zero-order chi connectivity index (χ0) is 23.9. The van der Waals surface area contributed by atoms with Crippen LogP contribution in [0.1, 0.15) is 41.8 Å². The summed E-state index contributed by atoms with van der Waals surface area (Å²) in [6.45, 7) is 3.50. The molecule has 0 radical (unpaired) electrons. The number of hydrogen-bond acceptors (Lipinski definition) is 6. The predicted octanol–water partition coefficient (Wildman–Crippen LogP) is 5.34. The van der Waals surface area contributed by atoms with Gasteiger partial charge in [0, 0.05) is 35.6 Å². The smallest absolute Gasteiger partial charge is 0.309 e. The van der Waals surface area contributed by atoms with Crippen molar-refractivity contribution in [3.8, 4) is 0 Å². The first kappa shape index (κ1) is 24.4. The number of nitrogens with zero attached hydrogens (tertiary/aromatic N) is 2. The normalized spacial score (nSPS) is 15.6. The van der Waals surface area contributed by atoms with Crippen molar-refractivity contribution in [1.29, 1.82) is 0 Å². The summed E-state index contributed by atoms with van der Waals surface area (Å²) in [5, 5.41) is 4.30. The van der Waals surface area contributed by atoms with Gasteiger partial charge in [-0.05, 0) is 37.0 Å². The lowest BCUT2D eigenvalue weighted by atomic mass is 9.94. The molecule has 2 aromatic carbocycles. The molecule has 0 saturated carbocycles. The van der Waals surface area contributed by atoms with E-state index in [1.54, 1.807) is 6.20 Å². The maximum absolute atomic E-state index is 13.5. The lowest BCUT2D eigenvalue weighted by Gasteiger charge is -2.36. The molecule has 0 bridgehead atoms. The van der Waals surface area contributed by atoms with Gasteiger partial charge in [-0.2, -0.15) is 0 Å². The molecule has 8 heteroatoms. The van der Waals surface area contributed by atoms with Gasteiger partial charge in [0.05, 0.1) is 12.5 Å². The van der Waals surface area contributed by atoms with Crippen LogP contribution >= 0.6 is 22.9 Å². The van der Waals surface area contributed by atoms with Crippen LogP contribution < -0.4 is 5.32 Å². The fraction of sp³-hybridized carbons (Fsp3) is 0.346. The number of thiazole rings is 1. The van der Waals surface area contributed by atoms with Gasteiger partial charge >= 0.3 is 5.97 Å². The molecule has 1 unspecified atom stereocenters. The molecular formula is C26H28ClN3O3S. The fourth-order valence-corrected chi connectivity index (χ4v) is 5.31. The molecule has 6 nitrogen and oxygen atoms in total. The lowest BCUT2D eigenvalue weighted by molar-refractivity contribution is -0.149. The number of amides is 1. The van der Waals surface area contributed by atoms with E-state index in [0.29, 0.717) is 44.1 Å². The Balaban J connectivity index is 1.45. The van der Waals surface area contributed by atoms with Gasteiger partial charge in [-0.3, -0.25) is 14.5 Å². The van der Waals surface area contributed by atoms with Crippen LogP contribution in [0.25, 0.3) is 0 Å². The molecule has 1 atom stereocenters. The van der Waals surface area contributed by atoms with Gasteiger partial charge in [0.1, 0.15) is 6.04 Å². The van der Waals surface area contributed by atoms with E-state index in [1.165, 1.54) is 11.3 Å². The number of halogens is 1. The van der Waals surface area contributed by atoms with E-state index in [9.17, 15) is 9.59 Å². The quantitative estimate of drug-likeness (QED) is 0.425. The van der Waals surface area contributed by atoms with E-state index in [2.05, 4.69) is 15.2 Å². The molecule has 2 heterocycles. The molecule has 1 aliphatic heterocycles. The molecule has 3 aromatic rings. The number of anilines is 1. The molecule has 178 valence electrons. The number of rotatable bonds is 8. The van der Waals surface area contributed by atoms with Crippen molar-refractivity contribution >= 4 is 39.9 Å². The largest absolute Gasteiger partial charge is 0.466 e. The Bertz CT molecular complexity index is 1110. The van der Waals surface area contributed by atoms with E-state index >= 15 is 0 Å².